The maximum atomic E-state index is 12.6. The number of anilines is 1. The zero-order valence-corrected chi connectivity index (χ0v) is 16.3. The van der Waals surface area contributed by atoms with Crippen LogP contribution in [0.2, 0.25) is 5.02 Å². The average molecular weight is 360 g/mol. The van der Waals surface area contributed by atoms with Crippen LogP contribution in [0.15, 0.2) is 30.3 Å². The Balaban J connectivity index is 2.16. The van der Waals surface area contributed by atoms with Crippen molar-refractivity contribution in [2.75, 3.05) is 5.32 Å². The molecule has 0 aliphatic heterocycles. The van der Waals surface area contributed by atoms with Gasteiger partial charge >= 0.3 is 0 Å². The van der Waals surface area contributed by atoms with Crippen molar-refractivity contribution in [3.63, 3.8) is 0 Å². The van der Waals surface area contributed by atoms with Crippen LogP contribution >= 0.6 is 11.6 Å². The second-order valence-electron chi connectivity index (χ2n) is 6.28. The number of ether oxygens (including phenoxy) is 1. The van der Waals surface area contributed by atoms with Gasteiger partial charge in [0.15, 0.2) is 6.10 Å². The van der Waals surface area contributed by atoms with Crippen molar-refractivity contribution in [3.05, 3.63) is 57.6 Å². The molecule has 2 rings (SSSR count). The molecule has 2 aromatic rings. The second kappa shape index (κ2) is 8.39. The summed E-state index contributed by atoms with van der Waals surface area (Å²) >= 11 is 6.19. The number of carbonyl (C=O) groups excluding carboxylic acids is 1. The third kappa shape index (κ3) is 4.55. The molecule has 0 fully saturated rings. The number of aryl methyl sites for hydroxylation is 4. The molecule has 2 aromatic carbocycles. The van der Waals surface area contributed by atoms with Crippen LogP contribution in [0.1, 0.15) is 43.0 Å². The lowest BCUT2D eigenvalue weighted by Crippen LogP contribution is -2.31. The van der Waals surface area contributed by atoms with E-state index >= 15 is 0 Å². The van der Waals surface area contributed by atoms with Gasteiger partial charge in [0, 0.05) is 10.7 Å². The fourth-order valence-corrected chi connectivity index (χ4v) is 2.97. The molecule has 0 saturated carbocycles. The molecule has 0 radical (unpaired) electrons. The predicted octanol–water partition coefficient (Wildman–Crippen LogP) is 5.49. The summed E-state index contributed by atoms with van der Waals surface area (Å²) < 4.78 is 5.84. The second-order valence-corrected chi connectivity index (χ2v) is 6.66. The Hall–Kier alpha value is -2.00. The third-order valence-corrected chi connectivity index (χ3v) is 4.94. The smallest absolute Gasteiger partial charge is 0.265 e. The van der Waals surface area contributed by atoms with Crippen molar-refractivity contribution in [2.45, 2.75) is 53.6 Å². The van der Waals surface area contributed by atoms with Crippen LogP contribution in [-0.4, -0.2) is 12.0 Å². The Morgan fingerprint density at radius 1 is 1.12 bits per heavy atom. The van der Waals surface area contributed by atoms with E-state index < -0.39 is 6.10 Å². The maximum Gasteiger partial charge on any atom is 0.265 e. The SMILES string of the molecule is CCc1cccc(CC)c1NC(=O)[C@H](C)Oc1cc(C)c(Cl)c(C)c1. The van der Waals surface area contributed by atoms with Crippen LogP contribution < -0.4 is 10.1 Å². The minimum Gasteiger partial charge on any atom is -0.481 e. The molecule has 25 heavy (non-hydrogen) atoms. The van der Waals surface area contributed by atoms with Gasteiger partial charge in [-0.3, -0.25) is 4.79 Å². The molecule has 0 spiro atoms. The van der Waals surface area contributed by atoms with Crippen molar-refractivity contribution in [3.8, 4) is 5.75 Å². The first-order valence-electron chi connectivity index (χ1n) is 8.72. The Bertz CT molecular complexity index is 725. The summed E-state index contributed by atoms with van der Waals surface area (Å²) in [4.78, 5) is 12.6. The lowest BCUT2D eigenvalue weighted by atomic mass is 10.0. The summed E-state index contributed by atoms with van der Waals surface area (Å²) in [6.07, 6.45) is 1.14. The van der Waals surface area contributed by atoms with Crippen LogP contribution in [0.5, 0.6) is 5.75 Å². The van der Waals surface area contributed by atoms with Crippen LogP contribution in [0.3, 0.4) is 0 Å². The van der Waals surface area contributed by atoms with E-state index in [9.17, 15) is 4.79 Å². The lowest BCUT2D eigenvalue weighted by molar-refractivity contribution is -0.122. The number of hydrogen-bond donors (Lipinski definition) is 1. The van der Waals surface area contributed by atoms with Crippen molar-refractivity contribution < 1.29 is 9.53 Å². The number of carbonyl (C=O) groups is 1. The van der Waals surface area contributed by atoms with Gasteiger partial charge in [0.05, 0.1) is 0 Å². The molecule has 1 atom stereocenters. The summed E-state index contributed by atoms with van der Waals surface area (Å²) in [5, 5.41) is 3.78. The molecular weight excluding hydrogens is 334 g/mol. The number of benzene rings is 2. The Morgan fingerprint density at radius 3 is 2.12 bits per heavy atom. The van der Waals surface area contributed by atoms with Crippen molar-refractivity contribution in [1.82, 2.24) is 0 Å². The number of hydrogen-bond acceptors (Lipinski definition) is 2. The molecule has 0 aliphatic rings. The molecule has 0 bridgehead atoms. The number of para-hydroxylation sites is 1. The zero-order chi connectivity index (χ0) is 18.6. The fraction of sp³-hybridized carbons (Fsp3) is 0.381. The minimum absolute atomic E-state index is 0.152. The number of amides is 1. The molecule has 0 aliphatic carbocycles. The first kappa shape index (κ1) is 19.3. The van der Waals surface area contributed by atoms with Gasteiger partial charge in [0.2, 0.25) is 0 Å². The summed E-state index contributed by atoms with van der Waals surface area (Å²) in [6, 6.07) is 9.85. The fourth-order valence-electron chi connectivity index (χ4n) is 2.86. The highest BCUT2D eigenvalue weighted by atomic mass is 35.5. The monoisotopic (exact) mass is 359 g/mol. The van der Waals surface area contributed by atoms with Gasteiger partial charge in [-0.15, -0.1) is 0 Å². The molecule has 0 saturated heterocycles. The van der Waals surface area contributed by atoms with Crippen molar-refractivity contribution in [2.24, 2.45) is 0 Å². The number of rotatable bonds is 6. The van der Waals surface area contributed by atoms with Gasteiger partial charge in [-0.25, -0.2) is 0 Å². The first-order valence-corrected chi connectivity index (χ1v) is 9.10. The van der Waals surface area contributed by atoms with Crippen LogP contribution in [0.4, 0.5) is 5.69 Å². The summed E-state index contributed by atoms with van der Waals surface area (Å²) in [5.74, 6) is 0.502. The van der Waals surface area contributed by atoms with Crippen molar-refractivity contribution in [1.29, 1.82) is 0 Å². The van der Waals surface area contributed by atoms with E-state index in [1.807, 2.05) is 44.2 Å². The lowest BCUT2D eigenvalue weighted by Gasteiger charge is -2.19. The first-order chi connectivity index (χ1) is 11.9. The van der Waals surface area contributed by atoms with E-state index in [1.54, 1.807) is 6.92 Å². The highest BCUT2D eigenvalue weighted by molar-refractivity contribution is 6.32. The Labute approximate surface area is 155 Å². The minimum atomic E-state index is -0.602. The highest BCUT2D eigenvalue weighted by Gasteiger charge is 2.18. The normalized spacial score (nSPS) is 11.9. The predicted molar refractivity (Wildman–Crippen MR) is 105 cm³/mol. The van der Waals surface area contributed by atoms with Gasteiger partial charge < -0.3 is 10.1 Å². The van der Waals surface area contributed by atoms with Gasteiger partial charge in [0.1, 0.15) is 5.75 Å². The molecule has 4 heteroatoms. The molecule has 0 aromatic heterocycles. The largest absolute Gasteiger partial charge is 0.481 e. The molecule has 0 heterocycles. The standard InChI is InChI=1S/C21H26ClNO2/c1-6-16-9-8-10-17(7-2)20(16)23-21(24)15(5)25-18-11-13(3)19(22)14(4)12-18/h8-12,15H,6-7H2,1-5H3,(H,23,24)/t15-/m0/s1. The summed E-state index contributed by atoms with van der Waals surface area (Å²) in [7, 11) is 0. The molecule has 3 nitrogen and oxygen atoms in total. The van der Waals surface area contributed by atoms with Gasteiger partial charge in [0.25, 0.3) is 5.91 Å². The van der Waals surface area contributed by atoms with E-state index in [-0.39, 0.29) is 5.91 Å². The molecule has 134 valence electrons. The van der Waals surface area contributed by atoms with E-state index in [1.165, 1.54) is 0 Å². The number of nitrogens with one attached hydrogen (secondary N) is 1. The maximum absolute atomic E-state index is 12.6. The van der Waals surface area contributed by atoms with Gasteiger partial charge in [-0.1, -0.05) is 43.6 Å². The quantitative estimate of drug-likeness (QED) is 0.740. The van der Waals surface area contributed by atoms with E-state index in [2.05, 4.69) is 19.2 Å². The van der Waals surface area contributed by atoms with Gasteiger partial charge in [-0.2, -0.15) is 0 Å². The topological polar surface area (TPSA) is 38.3 Å². The van der Waals surface area contributed by atoms with E-state index in [0.717, 1.165) is 45.8 Å². The molecule has 1 amide bonds. The number of halogens is 1. The molecule has 0 unspecified atom stereocenters. The average Bonchev–Trinajstić information content (AvgIpc) is 2.59. The third-order valence-electron chi connectivity index (χ3n) is 4.34. The van der Waals surface area contributed by atoms with Gasteiger partial charge in [-0.05, 0) is 68.0 Å². The zero-order valence-electron chi connectivity index (χ0n) is 15.6. The van der Waals surface area contributed by atoms with Crippen molar-refractivity contribution >= 4 is 23.2 Å². The van der Waals surface area contributed by atoms with E-state index in [4.69, 9.17) is 16.3 Å². The van der Waals surface area contributed by atoms with Crippen LogP contribution in [0.25, 0.3) is 0 Å². The van der Waals surface area contributed by atoms with E-state index in [0.29, 0.717) is 5.75 Å². The highest BCUT2D eigenvalue weighted by Crippen LogP contribution is 2.27. The summed E-state index contributed by atoms with van der Waals surface area (Å²) in [6.45, 7) is 9.79. The Kier molecular flexibility index (Phi) is 6.49. The van der Waals surface area contributed by atoms with Crippen LogP contribution in [-0.2, 0) is 17.6 Å². The molecule has 1 N–H and O–H groups in total. The van der Waals surface area contributed by atoms with Crippen LogP contribution in [0, 0.1) is 13.8 Å². The molecular formula is C21H26ClNO2. The Morgan fingerprint density at radius 2 is 1.64 bits per heavy atom. The summed E-state index contributed by atoms with van der Waals surface area (Å²) in [5.41, 5.74) is 5.07.